The number of benzene rings is 2. The Balaban J connectivity index is 2.12. The van der Waals surface area contributed by atoms with Gasteiger partial charge in [0.05, 0.1) is 11.6 Å². The molecule has 4 nitrogen and oxygen atoms in total. The molecule has 0 atom stereocenters. The lowest BCUT2D eigenvalue weighted by Gasteiger charge is -2.09. The van der Waals surface area contributed by atoms with E-state index in [1.54, 1.807) is 28.8 Å². The zero-order valence-corrected chi connectivity index (χ0v) is 11.2. The number of aromatic carboxylic acids is 1. The summed E-state index contributed by atoms with van der Waals surface area (Å²) in [7, 11) is 0. The second-order valence-electron chi connectivity index (χ2n) is 4.79. The topological polar surface area (TPSA) is 66.0 Å². The maximum absolute atomic E-state index is 11.4. The van der Waals surface area contributed by atoms with E-state index in [1.165, 1.54) is 0 Å². The monoisotopic (exact) mass is 276 g/mol. The normalized spacial score (nSPS) is 10.4. The van der Waals surface area contributed by atoms with Crippen LogP contribution in [-0.2, 0) is 6.54 Å². The van der Waals surface area contributed by atoms with Crippen molar-refractivity contribution >= 4 is 16.9 Å². The van der Waals surface area contributed by atoms with Crippen molar-refractivity contribution in [2.45, 2.75) is 6.54 Å². The molecule has 102 valence electrons. The highest BCUT2D eigenvalue weighted by molar-refractivity contribution is 5.94. The SMILES string of the molecule is N#Cc1cccc(Cn2c(C(=O)O)cc3ccccc32)c1. The van der Waals surface area contributed by atoms with Crippen molar-refractivity contribution in [2.24, 2.45) is 0 Å². The van der Waals surface area contributed by atoms with Crippen LogP contribution in [0.1, 0.15) is 21.6 Å². The fraction of sp³-hybridized carbons (Fsp3) is 0.0588. The third kappa shape index (κ3) is 2.37. The van der Waals surface area contributed by atoms with Crippen LogP contribution in [0.3, 0.4) is 0 Å². The number of para-hydroxylation sites is 1. The Morgan fingerprint density at radius 3 is 2.71 bits per heavy atom. The van der Waals surface area contributed by atoms with E-state index in [1.807, 2.05) is 30.3 Å². The number of hydrogen-bond acceptors (Lipinski definition) is 2. The number of rotatable bonds is 3. The molecule has 4 heteroatoms. The van der Waals surface area contributed by atoms with Crippen LogP contribution in [0.15, 0.2) is 54.6 Å². The Morgan fingerprint density at radius 2 is 1.95 bits per heavy atom. The fourth-order valence-electron chi connectivity index (χ4n) is 2.48. The predicted octanol–water partition coefficient (Wildman–Crippen LogP) is 3.26. The summed E-state index contributed by atoms with van der Waals surface area (Å²) in [4.78, 5) is 11.4. The molecule has 0 amide bonds. The van der Waals surface area contributed by atoms with E-state index in [4.69, 9.17) is 5.26 Å². The smallest absolute Gasteiger partial charge is 0.352 e. The van der Waals surface area contributed by atoms with Gasteiger partial charge in [-0.2, -0.15) is 5.26 Å². The first-order chi connectivity index (χ1) is 10.2. The lowest BCUT2D eigenvalue weighted by Crippen LogP contribution is -2.09. The second kappa shape index (κ2) is 5.14. The number of nitrogens with zero attached hydrogens (tertiary/aromatic N) is 2. The molecule has 0 saturated heterocycles. The van der Waals surface area contributed by atoms with Gasteiger partial charge < -0.3 is 9.67 Å². The van der Waals surface area contributed by atoms with Gasteiger partial charge in [-0.15, -0.1) is 0 Å². The first kappa shape index (κ1) is 12.9. The molecular weight excluding hydrogens is 264 g/mol. The van der Waals surface area contributed by atoms with Crippen molar-refractivity contribution in [3.63, 3.8) is 0 Å². The van der Waals surface area contributed by atoms with Crippen LogP contribution in [-0.4, -0.2) is 15.6 Å². The van der Waals surface area contributed by atoms with Crippen LogP contribution < -0.4 is 0 Å². The second-order valence-corrected chi connectivity index (χ2v) is 4.79. The summed E-state index contributed by atoms with van der Waals surface area (Å²) in [6, 6.07) is 18.5. The van der Waals surface area contributed by atoms with Crippen molar-refractivity contribution in [1.29, 1.82) is 5.26 Å². The Bertz CT molecular complexity index is 872. The summed E-state index contributed by atoms with van der Waals surface area (Å²) in [5.41, 5.74) is 2.59. The average Bonchev–Trinajstić information content (AvgIpc) is 2.87. The van der Waals surface area contributed by atoms with Crippen LogP contribution in [0, 0.1) is 11.3 Å². The van der Waals surface area contributed by atoms with Crippen LogP contribution in [0.2, 0.25) is 0 Å². The van der Waals surface area contributed by atoms with Gasteiger partial charge in [0.2, 0.25) is 0 Å². The van der Waals surface area contributed by atoms with Gasteiger partial charge in [0, 0.05) is 17.4 Å². The molecule has 21 heavy (non-hydrogen) atoms. The summed E-state index contributed by atoms with van der Waals surface area (Å²) < 4.78 is 1.76. The zero-order valence-electron chi connectivity index (χ0n) is 11.2. The number of aromatic nitrogens is 1. The number of nitriles is 1. The lowest BCUT2D eigenvalue weighted by atomic mass is 10.1. The summed E-state index contributed by atoms with van der Waals surface area (Å²) >= 11 is 0. The quantitative estimate of drug-likeness (QED) is 0.798. The van der Waals surface area contributed by atoms with E-state index in [0.717, 1.165) is 16.5 Å². The van der Waals surface area contributed by atoms with Gasteiger partial charge in [-0.05, 0) is 29.8 Å². The minimum absolute atomic E-state index is 0.249. The van der Waals surface area contributed by atoms with E-state index in [2.05, 4.69) is 6.07 Å². The van der Waals surface area contributed by atoms with E-state index in [0.29, 0.717) is 12.1 Å². The number of carboxylic acids is 1. The minimum atomic E-state index is -0.956. The van der Waals surface area contributed by atoms with Gasteiger partial charge in [-0.3, -0.25) is 0 Å². The number of carbonyl (C=O) groups is 1. The average molecular weight is 276 g/mol. The minimum Gasteiger partial charge on any atom is -0.477 e. The molecule has 0 aliphatic carbocycles. The Morgan fingerprint density at radius 1 is 1.14 bits per heavy atom. The van der Waals surface area contributed by atoms with Crippen molar-refractivity contribution in [3.05, 3.63) is 71.4 Å². The van der Waals surface area contributed by atoms with Crippen LogP contribution in [0.5, 0.6) is 0 Å². The van der Waals surface area contributed by atoms with Crippen molar-refractivity contribution in [1.82, 2.24) is 4.57 Å². The molecule has 1 heterocycles. The third-order valence-corrected chi connectivity index (χ3v) is 3.43. The molecular formula is C17H12N2O2. The van der Waals surface area contributed by atoms with Crippen molar-refractivity contribution in [2.75, 3.05) is 0 Å². The molecule has 2 aromatic carbocycles. The van der Waals surface area contributed by atoms with Gasteiger partial charge in [-0.25, -0.2) is 4.79 Å². The molecule has 0 bridgehead atoms. The molecule has 0 saturated carbocycles. The fourth-order valence-corrected chi connectivity index (χ4v) is 2.48. The number of fused-ring (bicyclic) bond motifs is 1. The maximum atomic E-state index is 11.4. The van der Waals surface area contributed by atoms with E-state index in [9.17, 15) is 9.90 Å². The van der Waals surface area contributed by atoms with Crippen LogP contribution >= 0.6 is 0 Å². The van der Waals surface area contributed by atoms with E-state index in [-0.39, 0.29) is 5.69 Å². The molecule has 3 aromatic rings. The van der Waals surface area contributed by atoms with Crippen LogP contribution in [0.25, 0.3) is 10.9 Å². The zero-order chi connectivity index (χ0) is 14.8. The van der Waals surface area contributed by atoms with Gasteiger partial charge in [0.25, 0.3) is 0 Å². The maximum Gasteiger partial charge on any atom is 0.352 e. The number of hydrogen-bond donors (Lipinski definition) is 1. The van der Waals surface area contributed by atoms with E-state index >= 15 is 0 Å². The highest BCUT2D eigenvalue weighted by Crippen LogP contribution is 2.21. The highest BCUT2D eigenvalue weighted by atomic mass is 16.4. The molecule has 0 radical (unpaired) electrons. The molecule has 0 spiro atoms. The first-order valence-electron chi connectivity index (χ1n) is 6.49. The summed E-state index contributed by atoms with van der Waals surface area (Å²) in [5.74, 6) is -0.956. The molecule has 1 aromatic heterocycles. The Hall–Kier alpha value is -3.06. The molecule has 0 unspecified atom stereocenters. The van der Waals surface area contributed by atoms with Crippen molar-refractivity contribution in [3.8, 4) is 6.07 Å². The third-order valence-electron chi connectivity index (χ3n) is 3.43. The predicted molar refractivity (Wildman–Crippen MR) is 79.2 cm³/mol. The van der Waals surface area contributed by atoms with Crippen molar-refractivity contribution < 1.29 is 9.90 Å². The van der Waals surface area contributed by atoms with Gasteiger partial charge >= 0.3 is 5.97 Å². The highest BCUT2D eigenvalue weighted by Gasteiger charge is 2.14. The summed E-state index contributed by atoms with van der Waals surface area (Å²) in [6.07, 6.45) is 0. The van der Waals surface area contributed by atoms with Gasteiger partial charge in [0.1, 0.15) is 5.69 Å². The molecule has 0 fully saturated rings. The Labute approximate surface area is 121 Å². The number of carboxylic acid groups (broad SMARTS) is 1. The van der Waals surface area contributed by atoms with Gasteiger partial charge in [-0.1, -0.05) is 30.3 Å². The van der Waals surface area contributed by atoms with Crippen LogP contribution in [0.4, 0.5) is 0 Å². The lowest BCUT2D eigenvalue weighted by molar-refractivity contribution is 0.0686. The molecule has 0 aliphatic rings. The molecule has 3 rings (SSSR count). The standard InChI is InChI=1S/C17H12N2O2/c18-10-12-4-3-5-13(8-12)11-19-15-7-2-1-6-14(15)9-16(19)17(20)21/h1-9H,11H2,(H,20,21). The van der Waals surface area contributed by atoms with Gasteiger partial charge in [0.15, 0.2) is 0 Å². The van der Waals surface area contributed by atoms with E-state index < -0.39 is 5.97 Å². The molecule has 1 N–H and O–H groups in total. The Kier molecular flexibility index (Phi) is 3.17. The summed E-state index contributed by atoms with van der Waals surface area (Å²) in [5, 5.41) is 19.2. The first-order valence-corrected chi connectivity index (χ1v) is 6.49. The largest absolute Gasteiger partial charge is 0.477 e. The summed E-state index contributed by atoms with van der Waals surface area (Å²) in [6.45, 7) is 0.421. The molecule has 0 aliphatic heterocycles.